The van der Waals surface area contributed by atoms with Gasteiger partial charge in [0.15, 0.2) is 0 Å². The maximum absolute atomic E-state index is 11.9. The Labute approximate surface area is 116 Å². The van der Waals surface area contributed by atoms with Crippen molar-refractivity contribution < 1.29 is 9.53 Å². The third-order valence-electron chi connectivity index (χ3n) is 4.34. The van der Waals surface area contributed by atoms with Crippen LogP contribution in [-0.2, 0) is 13.8 Å². The fourth-order valence-corrected chi connectivity index (χ4v) is 4.45. The van der Waals surface area contributed by atoms with Crippen molar-refractivity contribution in [2.75, 3.05) is 0 Å². The first kappa shape index (κ1) is 12.3. The van der Waals surface area contributed by atoms with Gasteiger partial charge in [-0.1, -0.05) is 0 Å². The van der Waals surface area contributed by atoms with Crippen molar-refractivity contribution in [3.8, 4) is 0 Å². The number of carbonyl (C=O) groups excluding carboxylic acids is 1. The maximum atomic E-state index is 11.9. The van der Waals surface area contributed by atoms with Gasteiger partial charge in [-0.25, -0.2) is 0 Å². The van der Waals surface area contributed by atoms with Crippen LogP contribution in [-0.4, -0.2) is 27.6 Å². The topological polar surface area (TPSA) is 26.3 Å². The van der Waals surface area contributed by atoms with Crippen molar-refractivity contribution in [1.29, 1.82) is 0 Å². The van der Waals surface area contributed by atoms with Crippen LogP contribution >= 0.6 is 0 Å². The molecule has 0 amide bonds. The Kier molecular flexibility index (Phi) is 2.99. The molecular formula is C15H17O2Se. The second-order valence-electron chi connectivity index (χ2n) is 5.40. The van der Waals surface area contributed by atoms with Gasteiger partial charge in [0.2, 0.25) is 0 Å². The van der Waals surface area contributed by atoms with Crippen LogP contribution in [0.2, 0.25) is 0 Å². The Balaban J connectivity index is 2.05. The third kappa shape index (κ3) is 1.72. The molecule has 2 nitrogen and oxygen atoms in total. The Morgan fingerprint density at radius 1 is 1.06 bits per heavy atom. The van der Waals surface area contributed by atoms with Crippen LogP contribution in [0.1, 0.15) is 44.1 Å². The van der Waals surface area contributed by atoms with Crippen molar-refractivity contribution in [2.45, 2.75) is 48.4 Å². The fourth-order valence-electron chi connectivity index (χ4n) is 3.40. The predicted molar refractivity (Wildman–Crippen MR) is 70.4 cm³/mol. The normalized spacial score (nSPS) is 30.4. The molecule has 1 aliphatic heterocycles. The summed E-state index contributed by atoms with van der Waals surface area (Å²) in [7, 11) is 0. The van der Waals surface area contributed by atoms with Crippen molar-refractivity contribution >= 4 is 22.0 Å². The molecule has 3 heteroatoms. The molecule has 1 aromatic rings. The number of rotatable bonds is 1. The Hall–Kier alpha value is -0.791. The van der Waals surface area contributed by atoms with Crippen LogP contribution in [0, 0.1) is 0 Å². The number of ether oxygens (including phenoxy) is 1. The first-order chi connectivity index (χ1) is 8.66. The minimum absolute atomic E-state index is 0.0560. The molecule has 1 heterocycles. The molecular weight excluding hydrogens is 291 g/mol. The van der Waals surface area contributed by atoms with Gasteiger partial charge in [0.05, 0.1) is 0 Å². The average Bonchev–Trinajstić information content (AvgIpc) is 2.63. The fraction of sp³-hybridized carbons (Fsp3) is 0.533. The van der Waals surface area contributed by atoms with Crippen molar-refractivity contribution in [1.82, 2.24) is 0 Å². The van der Waals surface area contributed by atoms with Gasteiger partial charge in [-0.15, -0.1) is 0 Å². The van der Waals surface area contributed by atoms with E-state index in [1.165, 1.54) is 12.0 Å². The average molecular weight is 308 g/mol. The molecule has 1 unspecified atom stereocenters. The summed E-state index contributed by atoms with van der Waals surface area (Å²) < 4.78 is 5.52. The van der Waals surface area contributed by atoms with Gasteiger partial charge in [0.1, 0.15) is 0 Å². The van der Waals surface area contributed by atoms with Gasteiger partial charge in [-0.2, -0.15) is 0 Å². The molecule has 0 aromatic heterocycles. The summed E-state index contributed by atoms with van der Waals surface area (Å²) in [5, 5.41) is 0. The van der Waals surface area contributed by atoms with Crippen molar-refractivity contribution in [2.24, 2.45) is 0 Å². The molecule has 1 saturated carbocycles. The summed E-state index contributed by atoms with van der Waals surface area (Å²) in [6.07, 6.45) is 6.01. The monoisotopic (exact) mass is 309 g/mol. The molecule has 1 spiro atoms. The van der Waals surface area contributed by atoms with Crippen LogP contribution < -0.4 is 0 Å². The number of hydrogen-bond donors (Lipinski definition) is 0. The Morgan fingerprint density at radius 2 is 1.72 bits per heavy atom. The summed E-state index contributed by atoms with van der Waals surface area (Å²) in [6, 6.07) is 10.3. The number of carbonyl (C=O) groups is 1. The van der Waals surface area contributed by atoms with E-state index in [9.17, 15) is 4.79 Å². The van der Waals surface area contributed by atoms with Gasteiger partial charge in [0.25, 0.3) is 0 Å². The van der Waals surface area contributed by atoms with Crippen LogP contribution in [0.4, 0.5) is 0 Å². The van der Waals surface area contributed by atoms with E-state index in [-0.39, 0.29) is 15.9 Å². The first-order valence-corrected chi connectivity index (χ1v) is 7.50. The van der Waals surface area contributed by atoms with Crippen LogP contribution in [0.15, 0.2) is 30.3 Å². The molecule has 3 rings (SSSR count). The molecule has 1 aliphatic carbocycles. The number of hydrogen-bond acceptors (Lipinski definition) is 2. The van der Waals surface area contributed by atoms with E-state index in [4.69, 9.17) is 4.74 Å². The second kappa shape index (κ2) is 4.39. The molecule has 95 valence electrons. The van der Waals surface area contributed by atoms with Gasteiger partial charge in [-0.3, -0.25) is 0 Å². The summed E-state index contributed by atoms with van der Waals surface area (Å²) in [5.74, 6) is -0.0560. The summed E-state index contributed by atoms with van der Waals surface area (Å²) in [4.78, 5) is 11.9. The second-order valence-corrected chi connectivity index (χ2v) is 6.86. The number of esters is 1. The van der Waals surface area contributed by atoms with E-state index >= 15 is 0 Å². The van der Waals surface area contributed by atoms with Gasteiger partial charge < -0.3 is 0 Å². The van der Waals surface area contributed by atoms with Gasteiger partial charge in [-0.05, 0) is 0 Å². The van der Waals surface area contributed by atoms with Crippen molar-refractivity contribution in [3.63, 3.8) is 0 Å². The molecule has 18 heavy (non-hydrogen) atoms. The standard InChI is InChI=1S/C15H17O2Se/c16-13-11-15(18,12-7-3-1-4-8-12)14(17-13)9-5-2-6-10-14/h1,3-4,7-8H,2,5-6,9-11H2. The van der Waals surface area contributed by atoms with Gasteiger partial charge >= 0.3 is 116 Å². The van der Waals surface area contributed by atoms with E-state index < -0.39 is 0 Å². The van der Waals surface area contributed by atoms with Crippen LogP contribution in [0.5, 0.6) is 0 Å². The predicted octanol–water partition coefficient (Wildman–Crippen LogP) is 2.70. The van der Waals surface area contributed by atoms with Crippen molar-refractivity contribution in [3.05, 3.63) is 35.9 Å². The van der Waals surface area contributed by atoms with E-state index in [0.29, 0.717) is 6.42 Å². The minimum atomic E-state index is -0.302. The zero-order valence-electron chi connectivity index (χ0n) is 10.4. The quantitative estimate of drug-likeness (QED) is 0.589. The molecule has 1 saturated heterocycles. The molecule has 1 atom stereocenters. The summed E-state index contributed by atoms with van der Waals surface area (Å²) >= 11 is 3.31. The Bertz CT molecular complexity index is 451. The molecule has 0 bridgehead atoms. The van der Waals surface area contributed by atoms with E-state index in [0.717, 1.165) is 25.7 Å². The Morgan fingerprint density at radius 3 is 2.39 bits per heavy atom. The molecule has 2 fully saturated rings. The molecule has 1 radical (unpaired) electrons. The molecule has 0 N–H and O–H groups in total. The zero-order chi connectivity index (χ0) is 12.6. The third-order valence-corrected chi connectivity index (χ3v) is 5.92. The molecule has 1 aromatic carbocycles. The first-order valence-electron chi connectivity index (χ1n) is 6.64. The summed E-state index contributed by atoms with van der Waals surface area (Å²) in [5.41, 5.74) is 0.890. The van der Waals surface area contributed by atoms with E-state index in [2.05, 4.69) is 28.1 Å². The number of benzene rings is 1. The van der Waals surface area contributed by atoms with Gasteiger partial charge in [0, 0.05) is 0 Å². The van der Waals surface area contributed by atoms with E-state index in [1.807, 2.05) is 18.2 Å². The summed E-state index contributed by atoms with van der Waals surface area (Å²) in [6.45, 7) is 0. The van der Waals surface area contributed by atoms with E-state index in [1.54, 1.807) is 0 Å². The molecule has 2 aliphatic rings. The zero-order valence-corrected chi connectivity index (χ0v) is 12.1. The SMILES string of the molecule is O=C1CC([Se])(c2ccccc2)C2(CCCCC2)O1. The van der Waals surface area contributed by atoms with Crippen LogP contribution in [0.3, 0.4) is 0 Å². The van der Waals surface area contributed by atoms with Crippen LogP contribution in [0.25, 0.3) is 0 Å².